The van der Waals surface area contributed by atoms with Crippen LogP contribution in [0.3, 0.4) is 0 Å². The molecule has 0 radical (unpaired) electrons. The molecule has 5 heteroatoms. The Morgan fingerprint density at radius 1 is 1.42 bits per heavy atom. The number of nitrogens with zero attached hydrogens (tertiary/aromatic N) is 2. The maximum Gasteiger partial charge on any atom is 0.222 e. The van der Waals surface area contributed by atoms with Crippen LogP contribution in [-0.2, 0) is 0 Å². The summed E-state index contributed by atoms with van der Waals surface area (Å²) in [7, 11) is 0. The third kappa shape index (κ3) is 3.53. The highest BCUT2D eigenvalue weighted by atomic mass is 127. The molecule has 1 heterocycles. The molecule has 0 aromatic carbocycles. The Labute approximate surface area is 90.1 Å². The number of aromatic nitrogens is 2. The van der Waals surface area contributed by atoms with Gasteiger partial charge in [0, 0.05) is 28.4 Å². The van der Waals surface area contributed by atoms with Gasteiger partial charge in [0.1, 0.15) is 0 Å². The van der Waals surface area contributed by atoms with Crippen molar-refractivity contribution in [1.29, 1.82) is 0 Å². The molecule has 0 spiro atoms. The standard InChI is InChI=1S/C7H9ClIN3/c8-2-1-3-10-7-11-4-6(9)5-12-7/h4-5H,1-3H2,(H,10,11,12). The zero-order valence-electron chi connectivity index (χ0n) is 6.43. The average Bonchev–Trinajstić information content (AvgIpc) is 2.09. The van der Waals surface area contributed by atoms with Gasteiger partial charge in [-0.25, -0.2) is 9.97 Å². The lowest BCUT2D eigenvalue weighted by Crippen LogP contribution is -2.05. The Hall–Kier alpha value is -0.100. The van der Waals surface area contributed by atoms with Gasteiger partial charge < -0.3 is 5.32 Å². The molecule has 0 atom stereocenters. The Morgan fingerprint density at radius 3 is 2.67 bits per heavy atom. The molecule has 1 N–H and O–H groups in total. The zero-order chi connectivity index (χ0) is 8.81. The predicted octanol–water partition coefficient (Wildman–Crippen LogP) is 2.12. The van der Waals surface area contributed by atoms with Crippen molar-refractivity contribution in [2.45, 2.75) is 6.42 Å². The largest absolute Gasteiger partial charge is 0.354 e. The fourth-order valence-corrected chi connectivity index (χ4v) is 1.08. The van der Waals surface area contributed by atoms with Crippen LogP contribution in [0.1, 0.15) is 6.42 Å². The topological polar surface area (TPSA) is 37.8 Å². The number of rotatable bonds is 4. The minimum atomic E-state index is 0.664. The highest BCUT2D eigenvalue weighted by Gasteiger charge is 1.93. The summed E-state index contributed by atoms with van der Waals surface area (Å²) >= 11 is 7.68. The van der Waals surface area contributed by atoms with Crippen molar-refractivity contribution >= 4 is 40.1 Å². The van der Waals surface area contributed by atoms with E-state index in [0.29, 0.717) is 11.8 Å². The molecule has 3 nitrogen and oxygen atoms in total. The van der Waals surface area contributed by atoms with E-state index in [1.54, 1.807) is 12.4 Å². The van der Waals surface area contributed by atoms with E-state index < -0.39 is 0 Å². The quantitative estimate of drug-likeness (QED) is 0.525. The molecule has 0 amide bonds. The smallest absolute Gasteiger partial charge is 0.222 e. The van der Waals surface area contributed by atoms with Gasteiger partial charge in [0.25, 0.3) is 0 Å². The maximum absolute atomic E-state index is 5.51. The summed E-state index contributed by atoms with van der Waals surface area (Å²) in [6.07, 6.45) is 4.48. The fraction of sp³-hybridized carbons (Fsp3) is 0.429. The molecule has 1 rings (SSSR count). The summed E-state index contributed by atoms with van der Waals surface area (Å²) in [6.45, 7) is 0.824. The fourth-order valence-electron chi connectivity index (χ4n) is 0.671. The van der Waals surface area contributed by atoms with Crippen LogP contribution in [0.5, 0.6) is 0 Å². The summed E-state index contributed by atoms with van der Waals surface area (Å²) < 4.78 is 1.04. The molecule has 66 valence electrons. The summed E-state index contributed by atoms with van der Waals surface area (Å²) in [5.74, 6) is 1.33. The molecule has 0 bridgehead atoms. The average molecular weight is 298 g/mol. The van der Waals surface area contributed by atoms with Gasteiger partial charge in [-0.2, -0.15) is 0 Å². The van der Waals surface area contributed by atoms with Crippen LogP contribution in [0.2, 0.25) is 0 Å². The van der Waals surface area contributed by atoms with E-state index in [-0.39, 0.29) is 0 Å². The zero-order valence-corrected chi connectivity index (χ0v) is 9.34. The molecule has 0 fully saturated rings. The number of alkyl halides is 1. The molecular formula is C7H9ClIN3. The van der Waals surface area contributed by atoms with Crippen molar-refractivity contribution in [3.05, 3.63) is 16.0 Å². The third-order valence-electron chi connectivity index (χ3n) is 1.21. The summed E-state index contributed by atoms with van der Waals surface area (Å²) in [6, 6.07) is 0. The lowest BCUT2D eigenvalue weighted by atomic mass is 10.5. The number of anilines is 1. The molecule has 0 saturated heterocycles. The van der Waals surface area contributed by atoms with E-state index in [0.717, 1.165) is 16.5 Å². The highest BCUT2D eigenvalue weighted by Crippen LogP contribution is 2.02. The first-order valence-electron chi connectivity index (χ1n) is 3.60. The Kier molecular flexibility index (Phi) is 4.60. The molecule has 0 unspecified atom stereocenters. The van der Waals surface area contributed by atoms with E-state index >= 15 is 0 Å². The van der Waals surface area contributed by atoms with Gasteiger partial charge in [-0.05, 0) is 29.0 Å². The second kappa shape index (κ2) is 5.53. The molecule has 12 heavy (non-hydrogen) atoms. The number of hydrogen-bond donors (Lipinski definition) is 1. The predicted molar refractivity (Wildman–Crippen MR) is 58.6 cm³/mol. The van der Waals surface area contributed by atoms with Gasteiger partial charge in [-0.3, -0.25) is 0 Å². The van der Waals surface area contributed by atoms with Crippen molar-refractivity contribution < 1.29 is 0 Å². The Balaban J connectivity index is 2.37. The third-order valence-corrected chi connectivity index (χ3v) is 2.04. The van der Waals surface area contributed by atoms with Crippen molar-refractivity contribution in [2.24, 2.45) is 0 Å². The monoisotopic (exact) mass is 297 g/mol. The molecular weight excluding hydrogens is 288 g/mol. The first-order chi connectivity index (χ1) is 5.83. The van der Waals surface area contributed by atoms with Crippen molar-refractivity contribution in [1.82, 2.24) is 9.97 Å². The van der Waals surface area contributed by atoms with Gasteiger partial charge in [-0.1, -0.05) is 0 Å². The van der Waals surface area contributed by atoms with Gasteiger partial charge in [0.05, 0.1) is 0 Å². The van der Waals surface area contributed by atoms with Gasteiger partial charge in [-0.15, -0.1) is 11.6 Å². The normalized spacial score (nSPS) is 9.83. The van der Waals surface area contributed by atoms with Crippen LogP contribution in [0, 0.1) is 3.57 Å². The van der Waals surface area contributed by atoms with Crippen molar-refractivity contribution in [3.63, 3.8) is 0 Å². The van der Waals surface area contributed by atoms with E-state index in [1.807, 2.05) is 0 Å². The second-order valence-electron chi connectivity index (χ2n) is 2.19. The van der Waals surface area contributed by atoms with E-state index in [4.69, 9.17) is 11.6 Å². The van der Waals surface area contributed by atoms with E-state index in [2.05, 4.69) is 37.9 Å². The van der Waals surface area contributed by atoms with Crippen LogP contribution in [0.4, 0.5) is 5.95 Å². The second-order valence-corrected chi connectivity index (χ2v) is 3.82. The Bertz CT molecular complexity index is 227. The summed E-state index contributed by atoms with van der Waals surface area (Å²) in [5, 5.41) is 3.06. The lowest BCUT2D eigenvalue weighted by molar-refractivity contribution is 0.956. The van der Waals surface area contributed by atoms with Gasteiger partial charge in [0.15, 0.2) is 0 Å². The highest BCUT2D eigenvalue weighted by molar-refractivity contribution is 14.1. The van der Waals surface area contributed by atoms with Crippen molar-refractivity contribution in [3.8, 4) is 0 Å². The van der Waals surface area contributed by atoms with E-state index in [1.165, 1.54) is 0 Å². The van der Waals surface area contributed by atoms with Crippen LogP contribution >= 0.6 is 34.2 Å². The number of hydrogen-bond acceptors (Lipinski definition) is 3. The first kappa shape index (κ1) is 9.98. The van der Waals surface area contributed by atoms with Crippen LogP contribution in [-0.4, -0.2) is 22.4 Å². The van der Waals surface area contributed by atoms with Crippen LogP contribution < -0.4 is 5.32 Å². The Morgan fingerprint density at radius 2 is 2.08 bits per heavy atom. The van der Waals surface area contributed by atoms with Crippen molar-refractivity contribution in [2.75, 3.05) is 17.7 Å². The first-order valence-corrected chi connectivity index (χ1v) is 5.21. The molecule has 0 aliphatic heterocycles. The minimum absolute atomic E-state index is 0.664. The molecule has 0 aliphatic carbocycles. The lowest BCUT2D eigenvalue weighted by Gasteiger charge is -2.01. The molecule has 1 aromatic heterocycles. The van der Waals surface area contributed by atoms with E-state index in [9.17, 15) is 0 Å². The molecule has 1 aromatic rings. The van der Waals surface area contributed by atoms with Crippen LogP contribution in [0.25, 0.3) is 0 Å². The van der Waals surface area contributed by atoms with Gasteiger partial charge in [0.2, 0.25) is 5.95 Å². The minimum Gasteiger partial charge on any atom is -0.354 e. The SMILES string of the molecule is ClCCCNc1ncc(I)cn1. The number of halogens is 2. The maximum atomic E-state index is 5.51. The molecule has 0 aliphatic rings. The number of nitrogens with one attached hydrogen (secondary N) is 1. The summed E-state index contributed by atoms with van der Waals surface area (Å²) in [5.41, 5.74) is 0. The van der Waals surface area contributed by atoms with Crippen LogP contribution in [0.15, 0.2) is 12.4 Å². The molecule has 0 saturated carbocycles. The van der Waals surface area contributed by atoms with Gasteiger partial charge >= 0.3 is 0 Å². The summed E-state index contributed by atoms with van der Waals surface area (Å²) in [4.78, 5) is 8.15.